The Hall–Kier alpha value is -0.730. The molecule has 1 heterocycles. The highest BCUT2D eigenvalue weighted by molar-refractivity contribution is 6.30. The number of aliphatic hydroxyl groups excluding tert-OH is 1. The van der Waals surface area contributed by atoms with E-state index in [1.165, 1.54) is 0 Å². The predicted octanol–water partition coefficient (Wildman–Crippen LogP) is 2.30. The number of β-amino-alcohol motifs (C(OH)–C–C–N with tert-alkyl or cyclic N) is 1. The zero-order valence-corrected chi connectivity index (χ0v) is 8.74. The Bertz CT molecular complexity index is 299. The zero-order chi connectivity index (χ0) is 9.97. The molecule has 0 spiro atoms. The van der Waals surface area contributed by atoms with Crippen molar-refractivity contribution in [1.29, 1.82) is 0 Å². The molecule has 1 aliphatic heterocycles. The van der Waals surface area contributed by atoms with Crippen LogP contribution in [0.5, 0.6) is 0 Å². The molecule has 14 heavy (non-hydrogen) atoms. The molecule has 1 aromatic rings. The van der Waals surface area contributed by atoms with Gasteiger partial charge in [-0.2, -0.15) is 0 Å². The Kier molecular flexibility index (Phi) is 2.94. The minimum atomic E-state index is -0.181. The Morgan fingerprint density at radius 1 is 1.29 bits per heavy atom. The molecule has 0 aromatic heterocycles. The van der Waals surface area contributed by atoms with Gasteiger partial charge in [-0.1, -0.05) is 11.6 Å². The SMILES string of the molecule is OC1CCCN(c2ccc(Cl)cc2)C1. The second-order valence-corrected chi connectivity index (χ2v) is 4.15. The maximum absolute atomic E-state index is 9.53. The average molecular weight is 212 g/mol. The number of anilines is 1. The van der Waals surface area contributed by atoms with Crippen molar-refractivity contribution >= 4 is 17.3 Å². The minimum Gasteiger partial charge on any atom is -0.391 e. The van der Waals surface area contributed by atoms with Crippen LogP contribution in [0.2, 0.25) is 5.02 Å². The topological polar surface area (TPSA) is 23.5 Å². The zero-order valence-electron chi connectivity index (χ0n) is 7.99. The molecule has 1 aliphatic rings. The fourth-order valence-corrected chi connectivity index (χ4v) is 1.97. The first kappa shape index (κ1) is 9.81. The van der Waals surface area contributed by atoms with Crippen LogP contribution in [0.1, 0.15) is 12.8 Å². The lowest BCUT2D eigenvalue weighted by atomic mass is 10.1. The highest BCUT2D eigenvalue weighted by atomic mass is 35.5. The Balaban J connectivity index is 2.10. The third-order valence-corrected chi connectivity index (χ3v) is 2.84. The van der Waals surface area contributed by atoms with E-state index in [1.54, 1.807) is 0 Å². The maximum Gasteiger partial charge on any atom is 0.0715 e. The summed E-state index contributed by atoms with van der Waals surface area (Å²) in [5.41, 5.74) is 1.15. The molecule has 1 atom stereocenters. The van der Waals surface area contributed by atoms with Gasteiger partial charge >= 0.3 is 0 Å². The first-order valence-corrected chi connectivity index (χ1v) is 5.32. The number of rotatable bonds is 1. The van der Waals surface area contributed by atoms with Gasteiger partial charge in [-0.3, -0.25) is 0 Å². The molecule has 2 rings (SSSR count). The first-order valence-electron chi connectivity index (χ1n) is 4.94. The van der Waals surface area contributed by atoms with Crippen LogP contribution in [0.25, 0.3) is 0 Å². The van der Waals surface area contributed by atoms with E-state index in [4.69, 9.17) is 11.6 Å². The van der Waals surface area contributed by atoms with Crippen LogP contribution >= 0.6 is 11.6 Å². The number of hydrogen-bond donors (Lipinski definition) is 1. The molecular formula is C11H14ClNO. The van der Waals surface area contributed by atoms with Crippen LogP contribution < -0.4 is 4.90 Å². The van der Waals surface area contributed by atoms with E-state index in [0.717, 1.165) is 36.6 Å². The van der Waals surface area contributed by atoms with Crippen molar-refractivity contribution in [3.8, 4) is 0 Å². The fraction of sp³-hybridized carbons (Fsp3) is 0.455. The van der Waals surface area contributed by atoms with Crippen LogP contribution in [-0.2, 0) is 0 Å². The van der Waals surface area contributed by atoms with Crippen molar-refractivity contribution in [2.75, 3.05) is 18.0 Å². The van der Waals surface area contributed by atoms with E-state index in [1.807, 2.05) is 24.3 Å². The van der Waals surface area contributed by atoms with Crippen molar-refractivity contribution in [3.63, 3.8) is 0 Å². The van der Waals surface area contributed by atoms with Crippen LogP contribution in [0.15, 0.2) is 24.3 Å². The van der Waals surface area contributed by atoms with Crippen LogP contribution in [0.3, 0.4) is 0 Å². The van der Waals surface area contributed by atoms with Crippen molar-refractivity contribution in [3.05, 3.63) is 29.3 Å². The molecule has 1 aromatic carbocycles. The third kappa shape index (κ3) is 2.20. The molecule has 1 N–H and O–H groups in total. The van der Waals surface area contributed by atoms with Crippen LogP contribution in [0, 0.1) is 0 Å². The normalized spacial score (nSPS) is 22.4. The molecule has 1 fully saturated rings. The lowest BCUT2D eigenvalue weighted by Crippen LogP contribution is -2.38. The van der Waals surface area contributed by atoms with E-state index >= 15 is 0 Å². The standard InChI is InChI=1S/C11H14ClNO/c12-9-3-5-10(6-4-9)13-7-1-2-11(14)8-13/h3-6,11,14H,1-2,7-8H2. The summed E-state index contributed by atoms with van der Waals surface area (Å²) in [7, 11) is 0. The number of nitrogens with zero attached hydrogens (tertiary/aromatic N) is 1. The van der Waals surface area contributed by atoms with Gasteiger partial charge in [-0.05, 0) is 37.1 Å². The predicted molar refractivity (Wildman–Crippen MR) is 58.9 cm³/mol. The summed E-state index contributed by atoms with van der Waals surface area (Å²) in [5.74, 6) is 0. The summed E-state index contributed by atoms with van der Waals surface area (Å²) < 4.78 is 0. The molecule has 1 saturated heterocycles. The Morgan fingerprint density at radius 3 is 2.64 bits per heavy atom. The number of hydrogen-bond acceptors (Lipinski definition) is 2. The summed E-state index contributed by atoms with van der Waals surface area (Å²) in [6.07, 6.45) is 1.80. The molecule has 0 saturated carbocycles. The molecule has 1 unspecified atom stereocenters. The summed E-state index contributed by atoms with van der Waals surface area (Å²) in [5, 5.41) is 10.3. The van der Waals surface area contributed by atoms with E-state index in [0.29, 0.717) is 0 Å². The molecule has 0 amide bonds. The smallest absolute Gasteiger partial charge is 0.0715 e. The molecule has 3 heteroatoms. The monoisotopic (exact) mass is 211 g/mol. The summed E-state index contributed by atoms with van der Waals surface area (Å²) >= 11 is 5.81. The first-order chi connectivity index (χ1) is 6.75. The minimum absolute atomic E-state index is 0.181. The van der Waals surface area contributed by atoms with Gasteiger partial charge in [0.25, 0.3) is 0 Å². The highest BCUT2D eigenvalue weighted by Gasteiger charge is 2.17. The number of piperidine rings is 1. The summed E-state index contributed by atoms with van der Waals surface area (Å²) in [6.45, 7) is 1.76. The van der Waals surface area contributed by atoms with Gasteiger partial charge < -0.3 is 10.0 Å². The third-order valence-electron chi connectivity index (χ3n) is 2.59. The van der Waals surface area contributed by atoms with Crippen molar-refractivity contribution in [2.24, 2.45) is 0 Å². The second-order valence-electron chi connectivity index (χ2n) is 3.72. The maximum atomic E-state index is 9.53. The van der Waals surface area contributed by atoms with E-state index in [2.05, 4.69) is 4.90 Å². The van der Waals surface area contributed by atoms with Crippen LogP contribution in [0.4, 0.5) is 5.69 Å². The van der Waals surface area contributed by atoms with Crippen molar-refractivity contribution in [1.82, 2.24) is 0 Å². The van der Waals surface area contributed by atoms with Gasteiger partial charge in [0.15, 0.2) is 0 Å². The molecule has 0 aliphatic carbocycles. The lowest BCUT2D eigenvalue weighted by Gasteiger charge is -2.31. The van der Waals surface area contributed by atoms with Gasteiger partial charge in [-0.25, -0.2) is 0 Å². The molecule has 0 bridgehead atoms. The van der Waals surface area contributed by atoms with Crippen molar-refractivity contribution < 1.29 is 5.11 Å². The van der Waals surface area contributed by atoms with Crippen LogP contribution in [-0.4, -0.2) is 24.3 Å². The van der Waals surface area contributed by atoms with Crippen molar-refractivity contribution in [2.45, 2.75) is 18.9 Å². The lowest BCUT2D eigenvalue weighted by molar-refractivity contribution is 0.154. The van der Waals surface area contributed by atoms with Gasteiger partial charge in [0.05, 0.1) is 6.10 Å². The van der Waals surface area contributed by atoms with E-state index in [9.17, 15) is 5.11 Å². The molecular weight excluding hydrogens is 198 g/mol. The molecule has 0 radical (unpaired) electrons. The number of halogens is 1. The quantitative estimate of drug-likeness (QED) is 0.771. The Morgan fingerprint density at radius 2 is 2.00 bits per heavy atom. The molecule has 76 valence electrons. The molecule has 2 nitrogen and oxygen atoms in total. The van der Waals surface area contributed by atoms with E-state index in [-0.39, 0.29) is 6.10 Å². The average Bonchev–Trinajstić information content (AvgIpc) is 2.19. The summed E-state index contributed by atoms with van der Waals surface area (Å²) in [4.78, 5) is 2.20. The van der Waals surface area contributed by atoms with Gasteiger partial charge in [0.1, 0.15) is 0 Å². The van der Waals surface area contributed by atoms with Gasteiger partial charge in [0.2, 0.25) is 0 Å². The van der Waals surface area contributed by atoms with Gasteiger partial charge in [-0.15, -0.1) is 0 Å². The Labute approximate surface area is 89.1 Å². The summed E-state index contributed by atoms with van der Waals surface area (Å²) in [6, 6.07) is 7.77. The highest BCUT2D eigenvalue weighted by Crippen LogP contribution is 2.21. The largest absolute Gasteiger partial charge is 0.391 e. The van der Waals surface area contributed by atoms with E-state index < -0.39 is 0 Å². The second kappa shape index (κ2) is 4.20. The number of benzene rings is 1. The number of aliphatic hydroxyl groups is 1. The van der Waals surface area contributed by atoms with Gasteiger partial charge in [0, 0.05) is 23.8 Å². The fourth-order valence-electron chi connectivity index (χ4n) is 1.84.